The smallest absolute Gasteiger partial charge is 0.325 e. The molecular formula is C22H15Cl3F4N2O3S. The molecule has 0 spiro atoms. The van der Waals surface area contributed by atoms with Crippen molar-refractivity contribution in [2.24, 2.45) is 0 Å². The standard InChI is InChI=1S/C22H15Cl3F4N2O3S/c23-13-4-7-15(8-5-13)35(33,34)31(11-16-18(24)2-1-3-19(16)25)12-21(32)30-14-6-9-20(26)17(10-14)22(27,28)29/h1-10H,11-12H2,(H,30,32). The van der Waals surface area contributed by atoms with Gasteiger partial charge in [0.05, 0.1) is 17.0 Å². The Morgan fingerprint density at radius 1 is 0.943 bits per heavy atom. The average Bonchev–Trinajstić information content (AvgIpc) is 2.76. The number of amides is 1. The van der Waals surface area contributed by atoms with Gasteiger partial charge in [0.25, 0.3) is 0 Å². The largest absolute Gasteiger partial charge is 0.419 e. The predicted molar refractivity (Wildman–Crippen MR) is 126 cm³/mol. The molecule has 35 heavy (non-hydrogen) atoms. The minimum absolute atomic E-state index is 0.141. The molecule has 3 aromatic rings. The van der Waals surface area contributed by atoms with Crippen molar-refractivity contribution >= 4 is 56.4 Å². The van der Waals surface area contributed by atoms with Crippen LogP contribution in [-0.4, -0.2) is 25.2 Å². The van der Waals surface area contributed by atoms with Crippen molar-refractivity contribution in [2.45, 2.75) is 17.6 Å². The Kier molecular flexibility index (Phi) is 8.33. The van der Waals surface area contributed by atoms with Crippen molar-refractivity contribution in [1.82, 2.24) is 4.31 Å². The Balaban J connectivity index is 1.94. The number of halogens is 7. The number of hydrogen-bond donors (Lipinski definition) is 1. The van der Waals surface area contributed by atoms with Gasteiger partial charge in [-0.15, -0.1) is 0 Å². The molecule has 0 aliphatic carbocycles. The zero-order chi connectivity index (χ0) is 26.0. The molecule has 0 aromatic heterocycles. The highest BCUT2D eigenvalue weighted by Crippen LogP contribution is 2.33. The fourth-order valence-electron chi connectivity index (χ4n) is 3.02. The van der Waals surface area contributed by atoms with E-state index in [2.05, 4.69) is 5.32 Å². The number of nitrogens with one attached hydrogen (secondary N) is 1. The van der Waals surface area contributed by atoms with E-state index in [0.717, 1.165) is 10.4 Å². The molecule has 0 radical (unpaired) electrons. The van der Waals surface area contributed by atoms with Gasteiger partial charge in [0.1, 0.15) is 5.82 Å². The van der Waals surface area contributed by atoms with Gasteiger partial charge in [0, 0.05) is 32.9 Å². The monoisotopic (exact) mass is 568 g/mol. The maximum atomic E-state index is 13.5. The van der Waals surface area contributed by atoms with Crippen LogP contribution in [0.1, 0.15) is 11.1 Å². The first-order valence-electron chi connectivity index (χ1n) is 9.64. The number of alkyl halides is 3. The molecule has 1 N–H and O–H groups in total. The molecule has 0 unspecified atom stereocenters. The van der Waals surface area contributed by atoms with Crippen LogP contribution in [0.4, 0.5) is 23.2 Å². The molecule has 3 aromatic carbocycles. The molecule has 13 heteroatoms. The second-order valence-corrected chi connectivity index (χ2v) is 10.4. The van der Waals surface area contributed by atoms with Crippen LogP contribution >= 0.6 is 34.8 Å². The SMILES string of the molecule is O=C(CN(Cc1c(Cl)cccc1Cl)S(=O)(=O)c1ccc(Cl)cc1)Nc1ccc(F)c(C(F)(F)F)c1. The van der Waals surface area contributed by atoms with Gasteiger partial charge >= 0.3 is 6.18 Å². The highest BCUT2D eigenvalue weighted by molar-refractivity contribution is 7.89. The number of anilines is 1. The Bertz CT molecular complexity index is 1330. The van der Waals surface area contributed by atoms with Gasteiger partial charge < -0.3 is 5.32 Å². The van der Waals surface area contributed by atoms with E-state index in [9.17, 15) is 30.8 Å². The number of carbonyl (C=O) groups is 1. The fraction of sp³-hybridized carbons (Fsp3) is 0.136. The lowest BCUT2D eigenvalue weighted by Gasteiger charge is -2.23. The van der Waals surface area contributed by atoms with Crippen molar-refractivity contribution in [1.29, 1.82) is 0 Å². The van der Waals surface area contributed by atoms with Crippen LogP contribution in [0.3, 0.4) is 0 Å². The summed E-state index contributed by atoms with van der Waals surface area (Å²) in [4.78, 5) is 12.5. The van der Waals surface area contributed by atoms with Crippen molar-refractivity contribution < 1.29 is 30.8 Å². The minimum atomic E-state index is -4.99. The van der Waals surface area contributed by atoms with Crippen LogP contribution in [0.15, 0.2) is 65.6 Å². The quantitative estimate of drug-likeness (QED) is 0.325. The number of benzene rings is 3. The molecule has 0 aliphatic heterocycles. The number of sulfonamides is 1. The Morgan fingerprint density at radius 3 is 2.11 bits per heavy atom. The maximum Gasteiger partial charge on any atom is 0.419 e. The number of rotatable bonds is 7. The average molecular weight is 570 g/mol. The topological polar surface area (TPSA) is 66.5 Å². The molecule has 0 saturated heterocycles. The zero-order valence-corrected chi connectivity index (χ0v) is 20.5. The number of carbonyl (C=O) groups excluding carboxylic acids is 1. The van der Waals surface area contributed by atoms with E-state index in [0.29, 0.717) is 12.1 Å². The van der Waals surface area contributed by atoms with Crippen LogP contribution in [0.5, 0.6) is 0 Å². The lowest BCUT2D eigenvalue weighted by atomic mass is 10.2. The van der Waals surface area contributed by atoms with Gasteiger partial charge in [-0.3, -0.25) is 4.79 Å². The second kappa shape index (κ2) is 10.7. The molecule has 5 nitrogen and oxygen atoms in total. The lowest BCUT2D eigenvalue weighted by molar-refractivity contribution is -0.140. The Morgan fingerprint density at radius 2 is 1.54 bits per heavy atom. The van der Waals surface area contributed by atoms with E-state index in [1.807, 2.05) is 0 Å². The van der Waals surface area contributed by atoms with E-state index in [-0.39, 0.29) is 31.2 Å². The van der Waals surface area contributed by atoms with E-state index in [1.54, 1.807) is 6.07 Å². The van der Waals surface area contributed by atoms with E-state index in [1.165, 1.54) is 36.4 Å². The molecule has 3 rings (SSSR count). The van der Waals surface area contributed by atoms with Crippen LogP contribution in [0, 0.1) is 5.82 Å². The van der Waals surface area contributed by atoms with Crippen LogP contribution in [0.2, 0.25) is 15.1 Å². The Hall–Kier alpha value is -2.37. The first-order chi connectivity index (χ1) is 16.3. The fourth-order valence-corrected chi connectivity index (χ4v) is 5.03. The molecule has 186 valence electrons. The normalized spacial score (nSPS) is 12.1. The maximum absolute atomic E-state index is 13.5. The molecular weight excluding hydrogens is 555 g/mol. The number of hydrogen-bond acceptors (Lipinski definition) is 3. The molecule has 1 amide bonds. The van der Waals surface area contributed by atoms with Crippen LogP contribution < -0.4 is 5.32 Å². The molecule has 0 atom stereocenters. The lowest BCUT2D eigenvalue weighted by Crippen LogP contribution is -2.37. The first kappa shape index (κ1) is 27.2. The third kappa shape index (κ3) is 6.65. The second-order valence-electron chi connectivity index (χ2n) is 7.17. The van der Waals surface area contributed by atoms with Gasteiger partial charge in [-0.2, -0.15) is 17.5 Å². The van der Waals surface area contributed by atoms with Gasteiger partial charge in [-0.1, -0.05) is 40.9 Å². The predicted octanol–water partition coefficient (Wildman–Crippen LogP) is 6.63. The van der Waals surface area contributed by atoms with Gasteiger partial charge in [-0.05, 0) is 54.6 Å². The van der Waals surface area contributed by atoms with Crippen LogP contribution in [-0.2, 0) is 27.5 Å². The van der Waals surface area contributed by atoms with Gasteiger partial charge in [0.2, 0.25) is 15.9 Å². The highest BCUT2D eigenvalue weighted by atomic mass is 35.5. The summed E-state index contributed by atoms with van der Waals surface area (Å²) in [5.41, 5.74) is -1.74. The van der Waals surface area contributed by atoms with Crippen molar-refractivity contribution in [3.05, 3.63) is 92.7 Å². The van der Waals surface area contributed by atoms with E-state index < -0.39 is 46.6 Å². The van der Waals surface area contributed by atoms with Crippen molar-refractivity contribution in [3.8, 4) is 0 Å². The van der Waals surface area contributed by atoms with E-state index in [4.69, 9.17) is 34.8 Å². The summed E-state index contributed by atoms with van der Waals surface area (Å²) < 4.78 is 79.9. The summed E-state index contributed by atoms with van der Waals surface area (Å²) >= 11 is 18.2. The van der Waals surface area contributed by atoms with Crippen molar-refractivity contribution in [2.75, 3.05) is 11.9 Å². The summed E-state index contributed by atoms with van der Waals surface area (Å²) in [7, 11) is -4.32. The summed E-state index contributed by atoms with van der Waals surface area (Å²) in [6.07, 6.45) is -4.99. The van der Waals surface area contributed by atoms with Gasteiger partial charge in [0.15, 0.2) is 0 Å². The third-order valence-corrected chi connectivity index (χ3v) is 7.49. The zero-order valence-electron chi connectivity index (χ0n) is 17.4. The Labute approximate surface area is 213 Å². The summed E-state index contributed by atoms with van der Waals surface area (Å²) in [6, 6.07) is 11.5. The highest BCUT2D eigenvalue weighted by Gasteiger charge is 2.34. The molecule has 0 heterocycles. The van der Waals surface area contributed by atoms with Crippen molar-refractivity contribution in [3.63, 3.8) is 0 Å². The molecule has 0 fully saturated rings. The van der Waals surface area contributed by atoms with Crippen LogP contribution in [0.25, 0.3) is 0 Å². The summed E-state index contributed by atoms with van der Waals surface area (Å²) in [6.45, 7) is -1.24. The van der Waals surface area contributed by atoms with E-state index >= 15 is 0 Å². The number of nitrogens with zero attached hydrogens (tertiary/aromatic N) is 1. The molecule has 0 bridgehead atoms. The van der Waals surface area contributed by atoms with Gasteiger partial charge in [-0.25, -0.2) is 12.8 Å². The third-order valence-electron chi connectivity index (χ3n) is 4.72. The molecule has 0 aliphatic rings. The summed E-state index contributed by atoms with van der Waals surface area (Å²) in [5, 5.41) is 2.72. The first-order valence-corrected chi connectivity index (χ1v) is 12.2. The molecule has 0 saturated carbocycles. The minimum Gasteiger partial charge on any atom is -0.325 e. The summed E-state index contributed by atoms with van der Waals surface area (Å²) in [5.74, 6) is -2.50.